The van der Waals surface area contributed by atoms with Crippen molar-refractivity contribution in [3.8, 4) is 0 Å². The number of fused-ring (bicyclic) bond motifs is 2. The Labute approximate surface area is 206 Å². The molecule has 0 aliphatic carbocycles. The van der Waals surface area contributed by atoms with E-state index in [4.69, 9.17) is 26.2 Å². The number of nitrogens with zero attached hydrogens (tertiary/aromatic N) is 4. The van der Waals surface area contributed by atoms with Crippen molar-refractivity contribution >= 4 is 17.7 Å². The minimum absolute atomic E-state index is 0.0575. The number of piperidine rings is 1. The molecule has 0 radical (unpaired) electrons. The number of morpholine rings is 1. The summed E-state index contributed by atoms with van der Waals surface area (Å²) >= 11 is 5.83. The van der Waals surface area contributed by atoms with E-state index in [1.54, 1.807) is 4.90 Å². The Morgan fingerprint density at radius 3 is 2.83 bits per heavy atom. The second-order valence-corrected chi connectivity index (χ2v) is 9.86. The minimum Gasteiger partial charge on any atom is -0.445 e. The maximum absolute atomic E-state index is 13.0. The van der Waals surface area contributed by atoms with Gasteiger partial charge in [-0.2, -0.15) is 18.3 Å². The van der Waals surface area contributed by atoms with Crippen molar-refractivity contribution in [3.63, 3.8) is 0 Å². The Kier molecular flexibility index (Phi) is 6.96. The monoisotopic (exact) mass is 512 g/mol. The number of rotatable bonds is 3. The van der Waals surface area contributed by atoms with E-state index in [1.165, 1.54) is 25.3 Å². The quantitative estimate of drug-likeness (QED) is 0.578. The Morgan fingerprint density at radius 2 is 2.00 bits per heavy atom. The molecule has 1 aromatic heterocycles. The number of aryl methyl sites for hydroxylation is 1. The highest BCUT2D eigenvalue weighted by Gasteiger charge is 2.34. The van der Waals surface area contributed by atoms with Gasteiger partial charge in [0.2, 0.25) is 0 Å². The average Bonchev–Trinajstić information content (AvgIpc) is 3.12. The van der Waals surface area contributed by atoms with Gasteiger partial charge in [-0.25, -0.2) is 4.79 Å². The summed E-state index contributed by atoms with van der Waals surface area (Å²) in [6.45, 7) is 3.79. The fraction of sp³-hybridized carbons (Fsp3) is 0.583. The predicted octanol–water partition coefficient (Wildman–Crippen LogP) is 5.02. The van der Waals surface area contributed by atoms with Crippen molar-refractivity contribution < 1.29 is 27.4 Å². The summed E-state index contributed by atoms with van der Waals surface area (Å²) in [7, 11) is 0. The van der Waals surface area contributed by atoms with E-state index in [9.17, 15) is 18.0 Å². The molecular formula is C24H28ClF3N4O3. The lowest BCUT2D eigenvalue weighted by Gasteiger charge is -2.42. The number of amides is 1. The van der Waals surface area contributed by atoms with Gasteiger partial charge in [-0.15, -0.1) is 0 Å². The molecule has 0 bridgehead atoms. The summed E-state index contributed by atoms with van der Waals surface area (Å²) in [5.74, 6) is 0. The van der Waals surface area contributed by atoms with Gasteiger partial charge in [0.15, 0.2) is 0 Å². The van der Waals surface area contributed by atoms with Gasteiger partial charge in [-0.3, -0.25) is 9.58 Å². The molecule has 2 atom stereocenters. The van der Waals surface area contributed by atoms with Crippen molar-refractivity contribution in [2.24, 2.45) is 0 Å². The van der Waals surface area contributed by atoms with Gasteiger partial charge in [0.1, 0.15) is 12.7 Å². The number of benzene rings is 1. The number of hydrogen-bond acceptors (Lipinski definition) is 5. The van der Waals surface area contributed by atoms with Crippen LogP contribution < -0.4 is 0 Å². The zero-order chi connectivity index (χ0) is 24.6. The molecule has 1 amide bonds. The van der Waals surface area contributed by atoms with Crippen LogP contribution in [-0.2, 0) is 35.3 Å². The lowest BCUT2D eigenvalue weighted by atomic mass is 10.00. The van der Waals surface area contributed by atoms with Crippen molar-refractivity contribution in [2.75, 3.05) is 26.2 Å². The molecule has 2 fully saturated rings. The molecule has 1 aromatic carbocycles. The molecule has 2 saturated heterocycles. The van der Waals surface area contributed by atoms with Crippen molar-refractivity contribution in [2.45, 2.75) is 63.7 Å². The first-order valence-corrected chi connectivity index (χ1v) is 12.3. The third-order valence-corrected chi connectivity index (χ3v) is 7.13. The Morgan fingerprint density at radius 1 is 1.14 bits per heavy atom. The smallest absolute Gasteiger partial charge is 0.416 e. The average molecular weight is 513 g/mol. The fourth-order valence-corrected chi connectivity index (χ4v) is 5.35. The molecule has 0 N–H and O–H groups in total. The molecule has 5 rings (SSSR count). The second kappa shape index (κ2) is 9.99. The van der Waals surface area contributed by atoms with Crippen LogP contribution in [0.15, 0.2) is 24.3 Å². The van der Waals surface area contributed by atoms with Crippen LogP contribution in [0.1, 0.15) is 54.3 Å². The minimum atomic E-state index is -4.53. The maximum atomic E-state index is 13.0. The van der Waals surface area contributed by atoms with E-state index >= 15 is 0 Å². The second-order valence-electron chi connectivity index (χ2n) is 9.43. The Balaban J connectivity index is 1.22. The molecule has 3 aliphatic heterocycles. The van der Waals surface area contributed by atoms with Crippen LogP contribution in [0.5, 0.6) is 0 Å². The van der Waals surface area contributed by atoms with E-state index in [0.717, 1.165) is 36.6 Å². The number of hydrogen-bond donors (Lipinski definition) is 0. The number of halogens is 4. The number of ether oxygens (including phenoxy) is 2. The third kappa shape index (κ3) is 5.59. The SMILES string of the molecule is O=C(OCc1cc(Cl)cc(C(F)(F)F)c1)N1CCCn2nc(C3CN4CCCC[C@H]4CO3)cc2C1. The van der Waals surface area contributed by atoms with Crippen LogP contribution in [0, 0.1) is 0 Å². The number of carbonyl (C=O) groups is 1. The zero-order valence-electron chi connectivity index (χ0n) is 19.3. The number of carbonyl (C=O) groups excluding carboxylic acids is 1. The van der Waals surface area contributed by atoms with Crippen molar-refractivity contribution in [1.29, 1.82) is 0 Å². The predicted molar refractivity (Wildman–Crippen MR) is 122 cm³/mol. The highest BCUT2D eigenvalue weighted by molar-refractivity contribution is 6.30. The molecule has 2 aromatic rings. The molecular weight excluding hydrogens is 485 g/mol. The van der Waals surface area contributed by atoms with Crippen molar-refractivity contribution in [3.05, 3.63) is 51.8 Å². The van der Waals surface area contributed by atoms with E-state index in [-0.39, 0.29) is 23.3 Å². The largest absolute Gasteiger partial charge is 0.445 e. The summed E-state index contributed by atoms with van der Waals surface area (Å²) < 4.78 is 52.5. The summed E-state index contributed by atoms with van der Waals surface area (Å²) in [4.78, 5) is 16.8. The normalized spacial score (nSPS) is 23.4. The summed E-state index contributed by atoms with van der Waals surface area (Å²) in [6.07, 6.45) is -0.863. The van der Waals surface area contributed by atoms with Crippen LogP contribution in [0.2, 0.25) is 5.02 Å². The molecule has 1 unspecified atom stereocenters. The number of aromatic nitrogens is 2. The van der Waals surface area contributed by atoms with Crippen molar-refractivity contribution in [1.82, 2.24) is 19.6 Å². The van der Waals surface area contributed by atoms with Crippen LogP contribution in [-0.4, -0.2) is 58.0 Å². The molecule has 0 saturated carbocycles. The molecule has 3 aliphatic rings. The van der Waals surface area contributed by atoms with Gasteiger partial charge < -0.3 is 14.4 Å². The van der Waals surface area contributed by atoms with E-state index in [0.29, 0.717) is 38.7 Å². The molecule has 11 heteroatoms. The zero-order valence-corrected chi connectivity index (χ0v) is 20.0. The summed E-state index contributed by atoms with van der Waals surface area (Å²) in [6, 6.07) is 5.65. The van der Waals surface area contributed by atoms with Gasteiger partial charge in [0.05, 0.1) is 30.1 Å². The van der Waals surface area contributed by atoms with Crippen LogP contribution >= 0.6 is 11.6 Å². The van der Waals surface area contributed by atoms with E-state index < -0.39 is 17.8 Å². The molecule has 0 spiro atoms. The topological polar surface area (TPSA) is 59.8 Å². The van der Waals surface area contributed by atoms with Crippen LogP contribution in [0.4, 0.5) is 18.0 Å². The first-order valence-electron chi connectivity index (χ1n) is 12.0. The lowest BCUT2D eigenvalue weighted by Crippen LogP contribution is -2.49. The summed E-state index contributed by atoms with van der Waals surface area (Å²) in [5, 5.41) is 4.71. The fourth-order valence-electron chi connectivity index (χ4n) is 5.09. The van der Waals surface area contributed by atoms with Gasteiger partial charge >= 0.3 is 12.3 Å². The first kappa shape index (κ1) is 24.4. The van der Waals surface area contributed by atoms with Gasteiger partial charge in [-0.1, -0.05) is 18.0 Å². The third-order valence-electron chi connectivity index (χ3n) is 6.91. The maximum Gasteiger partial charge on any atom is 0.416 e. The van der Waals surface area contributed by atoms with Crippen LogP contribution in [0.3, 0.4) is 0 Å². The molecule has 7 nitrogen and oxygen atoms in total. The molecule has 190 valence electrons. The van der Waals surface area contributed by atoms with E-state index in [1.807, 2.05) is 10.7 Å². The lowest BCUT2D eigenvalue weighted by molar-refractivity contribution is -0.137. The first-order chi connectivity index (χ1) is 16.8. The highest BCUT2D eigenvalue weighted by atomic mass is 35.5. The van der Waals surface area contributed by atoms with Crippen LogP contribution in [0.25, 0.3) is 0 Å². The molecule has 4 heterocycles. The highest BCUT2D eigenvalue weighted by Crippen LogP contribution is 2.32. The van der Waals surface area contributed by atoms with E-state index in [2.05, 4.69) is 4.90 Å². The number of alkyl halides is 3. The Bertz CT molecular complexity index is 1080. The molecule has 35 heavy (non-hydrogen) atoms. The van der Waals surface area contributed by atoms with Gasteiger partial charge in [0, 0.05) is 30.7 Å². The van der Waals surface area contributed by atoms with Gasteiger partial charge in [-0.05, 0) is 55.6 Å². The standard InChI is InChI=1S/C24H28ClF3N4O3/c25-18-9-16(8-17(10-18)24(26,27)28)14-35-23(33)31-6-3-7-32-20(12-31)11-21(29-32)22-13-30-5-2-1-4-19(30)15-34-22/h8-11,19,22H,1-7,12-15H2/t19-,22?/m0/s1. The Hall–Kier alpha value is -2.30. The summed E-state index contributed by atoms with van der Waals surface area (Å²) in [5.41, 5.74) is 1.08. The van der Waals surface area contributed by atoms with Gasteiger partial charge in [0.25, 0.3) is 0 Å².